The number of carbonyl (C=O) groups is 1. The molecule has 0 bridgehead atoms. The highest BCUT2D eigenvalue weighted by atomic mass is 35.5. The minimum Gasteiger partial charge on any atom is -0.458 e. The monoisotopic (exact) mass is 338 g/mol. The normalized spacial score (nSPS) is 26.1. The van der Waals surface area contributed by atoms with Crippen LogP contribution >= 0.6 is 11.6 Å². The first-order chi connectivity index (χ1) is 11.1. The van der Waals surface area contributed by atoms with E-state index in [9.17, 15) is 4.79 Å². The lowest BCUT2D eigenvalue weighted by Gasteiger charge is -2.37. The first-order valence-electron chi connectivity index (χ1n) is 8.23. The van der Waals surface area contributed by atoms with Gasteiger partial charge in [0.05, 0.1) is 29.9 Å². The summed E-state index contributed by atoms with van der Waals surface area (Å²) in [7, 11) is 2.08. The Morgan fingerprint density at radius 2 is 1.96 bits per heavy atom. The molecule has 0 aliphatic carbocycles. The van der Waals surface area contributed by atoms with Gasteiger partial charge >= 0.3 is 6.01 Å². The largest absolute Gasteiger partial charge is 0.458 e. The van der Waals surface area contributed by atoms with Gasteiger partial charge in [-0.2, -0.15) is 0 Å². The van der Waals surface area contributed by atoms with Crippen LogP contribution in [0.15, 0.2) is 12.4 Å². The zero-order valence-corrected chi connectivity index (χ0v) is 14.2. The van der Waals surface area contributed by atoms with Crippen molar-refractivity contribution < 1.29 is 9.53 Å². The quantitative estimate of drug-likeness (QED) is 0.841. The number of hydrogen-bond donors (Lipinski definition) is 0. The van der Waals surface area contributed by atoms with Gasteiger partial charge in [-0.3, -0.25) is 4.79 Å². The molecule has 2 fully saturated rings. The molecule has 23 heavy (non-hydrogen) atoms. The summed E-state index contributed by atoms with van der Waals surface area (Å²) in [5, 5.41) is 0.485. The number of rotatable bonds is 3. The van der Waals surface area contributed by atoms with E-state index in [0.29, 0.717) is 17.6 Å². The molecule has 2 unspecified atom stereocenters. The van der Waals surface area contributed by atoms with Crippen LogP contribution in [0.3, 0.4) is 0 Å². The fourth-order valence-electron chi connectivity index (χ4n) is 3.37. The van der Waals surface area contributed by atoms with Gasteiger partial charge in [0.2, 0.25) is 5.91 Å². The molecule has 1 aromatic heterocycles. The molecule has 7 heteroatoms. The summed E-state index contributed by atoms with van der Waals surface area (Å²) < 4.78 is 5.81. The summed E-state index contributed by atoms with van der Waals surface area (Å²) >= 11 is 5.78. The zero-order valence-electron chi connectivity index (χ0n) is 13.4. The van der Waals surface area contributed by atoms with Crippen LogP contribution in [-0.2, 0) is 4.79 Å². The van der Waals surface area contributed by atoms with E-state index in [4.69, 9.17) is 16.3 Å². The summed E-state index contributed by atoms with van der Waals surface area (Å²) in [5.74, 6) is 0.390. The van der Waals surface area contributed by atoms with Gasteiger partial charge in [0, 0.05) is 13.1 Å². The Balaban J connectivity index is 1.57. The van der Waals surface area contributed by atoms with Crippen LogP contribution in [0, 0.1) is 5.92 Å². The molecule has 3 heterocycles. The van der Waals surface area contributed by atoms with Gasteiger partial charge in [-0.15, -0.1) is 0 Å². The van der Waals surface area contributed by atoms with Crippen LogP contribution in [-0.4, -0.2) is 65.0 Å². The first-order valence-corrected chi connectivity index (χ1v) is 8.61. The van der Waals surface area contributed by atoms with Crippen molar-refractivity contribution in [3.8, 4) is 6.01 Å². The van der Waals surface area contributed by atoms with E-state index in [0.717, 1.165) is 45.3 Å². The van der Waals surface area contributed by atoms with Gasteiger partial charge in [-0.1, -0.05) is 11.6 Å². The number of aromatic nitrogens is 2. The molecule has 1 aromatic rings. The number of nitrogens with zero attached hydrogens (tertiary/aromatic N) is 4. The Kier molecular flexibility index (Phi) is 5.33. The van der Waals surface area contributed by atoms with Gasteiger partial charge in [-0.25, -0.2) is 9.97 Å². The van der Waals surface area contributed by atoms with Crippen LogP contribution in [0.2, 0.25) is 5.02 Å². The molecule has 2 atom stereocenters. The van der Waals surface area contributed by atoms with Crippen molar-refractivity contribution in [3.05, 3.63) is 17.4 Å². The van der Waals surface area contributed by atoms with E-state index in [1.807, 2.05) is 4.90 Å². The lowest BCUT2D eigenvalue weighted by Crippen LogP contribution is -2.49. The number of ether oxygens (including phenoxy) is 1. The number of amides is 1. The van der Waals surface area contributed by atoms with Crippen molar-refractivity contribution >= 4 is 17.5 Å². The first kappa shape index (κ1) is 16.5. The van der Waals surface area contributed by atoms with Crippen LogP contribution < -0.4 is 4.74 Å². The minimum atomic E-state index is -0.0461. The number of likely N-dealkylation sites (tertiary alicyclic amines) is 2. The van der Waals surface area contributed by atoms with Gasteiger partial charge in [0.15, 0.2) is 0 Å². The molecular weight excluding hydrogens is 316 g/mol. The molecule has 2 aliphatic heterocycles. The number of carbonyl (C=O) groups excluding carboxylic acids is 1. The fourth-order valence-corrected chi connectivity index (χ4v) is 3.47. The molecule has 0 spiro atoms. The lowest BCUT2D eigenvalue weighted by atomic mass is 9.95. The second kappa shape index (κ2) is 7.45. The number of hydrogen-bond acceptors (Lipinski definition) is 5. The fraction of sp³-hybridized carbons (Fsp3) is 0.688. The smallest absolute Gasteiger partial charge is 0.316 e. The molecule has 0 radical (unpaired) electrons. The van der Waals surface area contributed by atoms with Crippen LogP contribution in [0.25, 0.3) is 0 Å². The van der Waals surface area contributed by atoms with Crippen molar-refractivity contribution in [1.29, 1.82) is 0 Å². The van der Waals surface area contributed by atoms with E-state index in [2.05, 4.69) is 21.9 Å². The van der Waals surface area contributed by atoms with E-state index >= 15 is 0 Å². The van der Waals surface area contributed by atoms with Crippen molar-refractivity contribution in [3.63, 3.8) is 0 Å². The highest BCUT2D eigenvalue weighted by Gasteiger charge is 2.31. The standard InChI is InChI=1S/C16H23ClN4O2/c1-20-6-2-4-12(10-20)15(22)21-7-3-5-14(11-21)23-16-18-8-13(17)9-19-16/h8-9,12,14H,2-7,10-11H2,1H3. The maximum atomic E-state index is 12.7. The van der Waals surface area contributed by atoms with Gasteiger partial charge < -0.3 is 14.5 Å². The molecule has 2 aliphatic rings. The SMILES string of the molecule is CN1CCCC(C(=O)N2CCCC(Oc3ncc(Cl)cn3)C2)C1. The van der Waals surface area contributed by atoms with Gasteiger partial charge in [0.1, 0.15) is 6.10 Å². The molecule has 3 rings (SSSR count). The zero-order chi connectivity index (χ0) is 16.2. The summed E-state index contributed by atoms with van der Waals surface area (Å²) in [5.41, 5.74) is 0. The van der Waals surface area contributed by atoms with Crippen molar-refractivity contribution in [2.24, 2.45) is 5.92 Å². The van der Waals surface area contributed by atoms with Gasteiger partial charge in [-0.05, 0) is 39.3 Å². The molecular formula is C16H23ClN4O2. The Morgan fingerprint density at radius 3 is 2.70 bits per heavy atom. The maximum absolute atomic E-state index is 12.7. The van der Waals surface area contributed by atoms with E-state index in [-0.39, 0.29) is 17.9 Å². The third kappa shape index (κ3) is 4.32. The Bertz CT molecular complexity index is 539. The summed E-state index contributed by atoms with van der Waals surface area (Å²) in [6.07, 6.45) is 6.95. The second-order valence-electron chi connectivity index (χ2n) is 6.45. The summed E-state index contributed by atoms with van der Waals surface area (Å²) in [6.45, 7) is 3.38. The Labute approximate surface area is 141 Å². The highest BCUT2D eigenvalue weighted by molar-refractivity contribution is 6.30. The maximum Gasteiger partial charge on any atom is 0.316 e. The Morgan fingerprint density at radius 1 is 1.22 bits per heavy atom. The van der Waals surface area contributed by atoms with Crippen molar-refractivity contribution in [2.45, 2.75) is 31.8 Å². The van der Waals surface area contributed by atoms with Crippen LogP contribution in [0.1, 0.15) is 25.7 Å². The lowest BCUT2D eigenvalue weighted by molar-refractivity contribution is -0.139. The molecule has 0 saturated carbocycles. The molecule has 0 N–H and O–H groups in total. The van der Waals surface area contributed by atoms with Crippen LogP contribution in [0.5, 0.6) is 6.01 Å². The topological polar surface area (TPSA) is 58.6 Å². The predicted molar refractivity (Wildman–Crippen MR) is 87.5 cm³/mol. The third-order valence-electron chi connectivity index (χ3n) is 4.53. The predicted octanol–water partition coefficient (Wildman–Crippen LogP) is 1.84. The highest BCUT2D eigenvalue weighted by Crippen LogP contribution is 2.22. The average molecular weight is 339 g/mol. The van der Waals surface area contributed by atoms with E-state index in [1.165, 1.54) is 12.4 Å². The van der Waals surface area contributed by atoms with Crippen molar-refractivity contribution in [2.75, 3.05) is 33.2 Å². The third-order valence-corrected chi connectivity index (χ3v) is 4.73. The second-order valence-corrected chi connectivity index (χ2v) is 6.89. The Hall–Kier alpha value is -1.40. The minimum absolute atomic E-state index is 0.0461. The van der Waals surface area contributed by atoms with E-state index < -0.39 is 0 Å². The molecule has 1 amide bonds. The summed E-state index contributed by atoms with van der Waals surface area (Å²) in [6, 6.07) is 0.325. The van der Waals surface area contributed by atoms with Gasteiger partial charge in [0.25, 0.3) is 0 Å². The van der Waals surface area contributed by atoms with Crippen LogP contribution in [0.4, 0.5) is 0 Å². The molecule has 126 valence electrons. The van der Waals surface area contributed by atoms with Crippen molar-refractivity contribution in [1.82, 2.24) is 19.8 Å². The average Bonchev–Trinajstić information content (AvgIpc) is 2.56. The summed E-state index contributed by atoms with van der Waals surface area (Å²) in [4.78, 5) is 25.1. The van der Waals surface area contributed by atoms with E-state index in [1.54, 1.807) is 0 Å². The molecule has 2 saturated heterocycles. The molecule has 6 nitrogen and oxygen atoms in total. The number of piperidine rings is 2. The molecule has 0 aromatic carbocycles. The number of halogens is 1.